The third-order valence-corrected chi connectivity index (χ3v) is 11.6. The van der Waals surface area contributed by atoms with Crippen molar-refractivity contribution in [3.05, 3.63) is 64.2 Å². The van der Waals surface area contributed by atoms with Gasteiger partial charge in [-0.05, 0) is 130 Å². The number of aliphatic imine (C=N–C) groups is 1. The molecule has 0 bridgehead atoms. The van der Waals surface area contributed by atoms with Crippen LogP contribution in [0, 0.1) is 6.92 Å². The number of carbonyl (C=O) groups excluding carboxylic acids is 4. The minimum Gasteiger partial charge on any atom is -0.491 e. The summed E-state index contributed by atoms with van der Waals surface area (Å²) in [7, 11) is -3.89. The average Bonchev–Trinajstić information content (AvgIpc) is 3.44. The summed E-state index contributed by atoms with van der Waals surface area (Å²) in [6.45, 7) is 17.6. The molecule has 2 amide bonds. The molecule has 2 aromatic rings. The highest BCUT2D eigenvalue weighted by Crippen LogP contribution is 2.39. The predicted molar refractivity (Wildman–Crippen MR) is 234 cm³/mol. The number of hydrogen-bond acceptors (Lipinski definition) is 14. The van der Waals surface area contributed by atoms with Gasteiger partial charge in [-0.25, -0.2) is 22.3 Å². The molecular formula is C45H63F3N4O12S. The molecule has 1 fully saturated rings. The Labute approximate surface area is 379 Å². The van der Waals surface area contributed by atoms with Crippen molar-refractivity contribution in [2.24, 2.45) is 4.99 Å². The molecule has 65 heavy (non-hydrogen) atoms. The molecule has 1 saturated heterocycles. The predicted octanol–water partition coefficient (Wildman–Crippen LogP) is 6.24. The Morgan fingerprint density at radius 1 is 0.800 bits per heavy atom. The molecule has 0 aromatic heterocycles. The number of rotatable bonds is 18. The minimum absolute atomic E-state index is 0.0161. The van der Waals surface area contributed by atoms with Gasteiger partial charge in [0.15, 0.2) is 0 Å². The molecule has 0 unspecified atom stereocenters. The molecule has 362 valence electrons. The lowest BCUT2D eigenvalue weighted by Gasteiger charge is -2.35. The Morgan fingerprint density at radius 3 is 1.98 bits per heavy atom. The van der Waals surface area contributed by atoms with Gasteiger partial charge in [0.2, 0.25) is 10.0 Å². The fourth-order valence-electron chi connectivity index (χ4n) is 6.77. The van der Waals surface area contributed by atoms with Crippen LogP contribution in [0.4, 0.5) is 18.0 Å². The zero-order valence-corrected chi connectivity index (χ0v) is 39.8. The maximum Gasteiger partial charge on any atom is 0.423 e. The average molecular weight is 941 g/mol. The number of sulfonamides is 1. The van der Waals surface area contributed by atoms with Crippen LogP contribution in [0.1, 0.15) is 108 Å². The number of aryl methyl sites for hydroxylation is 2. The summed E-state index contributed by atoms with van der Waals surface area (Å²) in [5.41, 5.74) is -3.67. The number of carbonyl (C=O) groups is 4. The van der Waals surface area contributed by atoms with Crippen molar-refractivity contribution >= 4 is 39.8 Å². The molecule has 16 nitrogen and oxygen atoms in total. The van der Waals surface area contributed by atoms with Crippen LogP contribution in [0.25, 0.3) is 0 Å². The highest BCUT2D eigenvalue weighted by Gasteiger charge is 2.54. The number of nitrogens with zero attached hydrogens (tertiary/aromatic N) is 3. The summed E-state index contributed by atoms with van der Waals surface area (Å²) in [4.78, 5) is 57.5. The second-order valence-corrected chi connectivity index (χ2v) is 20.9. The number of halogens is 3. The van der Waals surface area contributed by atoms with Gasteiger partial charge >= 0.3 is 24.2 Å². The van der Waals surface area contributed by atoms with E-state index in [1.165, 1.54) is 10.4 Å². The van der Waals surface area contributed by atoms with Crippen molar-refractivity contribution in [3.63, 3.8) is 0 Å². The van der Waals surface area contributed by atoms with Crippen LogP contribution < -0.4 is 10.1 Å². The van der Waals surface area contributed by atoms with Crippen molar-refractivity contribution in [2.75, 3.05) is 65.0 Å². The van der Waals surface area contributed by atoms with Crippen molar-refractivity contribution in [1.29, 1.82) is 0 Å². The third-order valence-electron chi connectivity index (χ3n) is 9.73. The Bertz CT molecular complexity index is 2170. The van der Waals surface area contributed by atoms with E-state index in [1.807, 2.05) is 0 Å². The molecule has 0 radical (unpaired) electrons. The number of hydrogen-bond donors (Lipinski definition) is 1. The quantitative estimate of drug-likeness (QED) is 0.101. The van der Waals surface area contributed by atoms with E-state index in [1.54, 1.807) is 87.4 Å². The van der Waals surface area contributed by atoms with Gasteiger partial charge in [-0.3, -0.25) is 14.6 Å². The molecule has 20 heteroatoms. The Balaban J connectivity index is 1.43. The molecule has 0 aliphatic carbocycles. The number of benzene rings is 2. The van der Waals surface area contributed by atoms with E-state index < -0.39 is 67.9 Å². The molecule has 1 spiro atoms. The van der Waals surface area contributed by atoms with Gasteiger partial charge in [0, 0.05) is 25.2 Å². The number of alkyl halides is 3. The zero-order valence-electron chi connectivity index (χ0n) is 38.9. The van der Waals surface area contributed by atoms with Gasteiger partial charge in [0.1, 0.15) is 40.5 Å². The zero-order chi connectivity index (χ0) is 48.6. The van der Waals surface area contributed by atoms with Gasteiger partial charge in [0.05, 0.1) is 49.9 Å². The first-order valence-electron chi connectivity index (χ1n) is 21.4. The van der Waals surface area contributed by atoms with E-state index in [9.17, 15) is 40.8 Å². The summed E-state index contributed by atoms with van der Waals surface area (Å²) in [6, 6.07) is 7.68. The summed E-state index contributed by atoms with van der Waals surface area (Å²) in [6.07, 6.45) is -6.21. The Kier molecular flexibility index (Phi) is 17.4. The van der Waals surface area contributed by atoms with E-state index in [-0.39, 0.29) is 95.0 Å². The molecule has 0 atom stereocenters. The fraction of sp³-hybridized carbons (Fsp3) is 0.622. The SMILES string of the molecule is Cc1cc(C(=O)OC(C)(C)C)ccc1CCS(=O)(=O)N1CCC2(CC1)N=C(c1cc(OCCOCCOCCNCC(=O)OC(C)(C)C)cc(C(F)(F)F)c1)N(C(=O)OC(C)(C)C)C2=O. The van der Waals surface area contributed by atoms with Crippen LogP contribution in [0.5, 0.6) is 5.75 Å². The van der Waals surface area contributed by atoms with Crippen molar-refractivity contribution < 1.29 is 69.2 Å². The summed E-state index contributed by atoms with van der Waals surface area (Å²) < 4.78 is 104. The maximum atomic E-state index is 14.3. The molecule has 2 aromatic carbocycles. The lowest BCUT2D eigenvalue weighted by molar-refractivity contribution is -0.153. The first kappa shape index (κ1) is 53.0. The van der Waals surface area contributed by atoms with Crippen LogP contribution in [-0.2, 0) is 55.9 Å². The van der Waals surface area contributed by atoms with Crippen LogP contribution in [0.2, 0.25) is 0 Å². The number of amides is 2. The van der Waals surface area contributed by atoms with Crippen molar-refractivity contribution in [1.82, 2.24) is 14.5 Å². The van der Waals surface area contributed by atoms with Gasteiger partial charge in [-0.2, -0.15) is 18.1 Å². The Hall–Kier alpha value is -4.63. The largest absolute Gasteiger partial charge is 0.491 e. The lowest BCUT2D eigenvalue weighted by atomic mass is 9.88. The van der Waals surface area contributed by atoms with Crippen LogP contribution in [-0.4, -0.2) is 135 Å². The lowest BCUT2D eigenvalue weighted by Crippen LogP contribution is -2.53. The summed E-state index contributed by atoms with van der Waals surface area (Å²) in [5, 5.41) is 2.91. The normalized spacial score (nSPS) is 16.1. The smallest absolute Gasteiger partial charge is 0.423 e. The fourth-order valence-corrected chi connectivity index (χ4v) is 8.25. The molecule has 1 N–H and O–H groups in total. The van der Waals surface area contributed by atoms with Crippen molar-refractivity contribution in [2.45, 2.75) is 117 Å². The molecular weight excluding hydrogens is 878 g/mol. The third kappa shape index (κ3) is 16.0. The maximum absolute atomic E-state index is 14.3. The van der Waals surface area contributed by atoms with Crippen LogP contribution in [0.3, 0.4) is 0 Å². The van der Waals surface area contributed by atoms with Gasteiger partial charge in [-0.15, -0.1) is 0 Å². The highest BCUT2D eigenvalue weighted by atomic mass is 32.2. The van der Waals surface area contributed by atoms with E-state index in [4.69, 9.17) is 28.4 Å². The topological polar surface area (TPSA) is 189 Å². The monoisotopic (exact) mass is 940 g/mol. The van der Waals surface area contributed by atoms with Gasteiger partial charge in [0.25, 0.3) is 5.91 Å². The highest BCUT2D eigenvalue weighted by molar-refractivity contribution is 7.89. The van der Waals surface area contributed by atoms with Crippen LogP contribution in [0.15, 0.2) is 41.4 Å². The molecule has 2 heterocycles. The van der Waals surface area contributed by atoms with E-state index in [0.29, 0.717) is 28.1 Å². The second-order valence-electron chi connectivity index (χ2n) is 18.8. The number of imide groups is 1. The van der Waals surface area contributed by atoms with E-state index in [0.717, 1.165) is 12.1 Å². The number of amidine groups is 1. The summed E-state index contributed by atoms with van der Waals surface area (Å²) in [5.74, 6) is -2.64. The number of piperidine rings is 1. The molecule has 2 aliphatic heterocycles. The molecule has 0 saturated carbocycles. The van der Waals surface area contributed by atoms with E-state index in [2.05, 4.69) is 10.3 Å². The van der Waals surface area contributed by atoms with Gasteiger partial charge < -0.3 is 33.7 Å². The van der Waals surface area contributed by atoms with Gasteiger partial charge in [-0.1, -0.05) is 6.07 Å². The second kappa shape index (κ2) is 21.3. The Morgan fingerprint density at radius 2 is 1.40 bits per heavy atom. The van der Waals surface area contributed by atoms with E-state index >= 15 is 0 Å². The van der Waals surface area contributed by atoms with Crippen molar-refractivity contribution in [3.8, 4) is 5.75 Å². The number of esters is 2. The molecule has 4 rings (SSSR count). The standard InChI is InChI=1S/C45H63F3N4O12S/c1-30-25-32(38(54)63-42(5,6)7)12-11-31(30)13-24-65(57,58)51-17-14-44(15-18-51)39(55)52(40(56)64-43(8,9)10)37(50-44)33-26-34(45(46,47)48)28-35(27-33)61-23-22-60-21-20-59-19-16-49-29-36(53)62-41(2,3)4/h11-12,25-28,49H,13-24,29H2,1-10H3. The molecule has 2 aliphatic rings. The number of nitrogens with one attached hydrogen (secondary N) is 1. The first-order valence-corrected chi connectivity index (χ1v) is 23.0. The first-order chi connectivity index (χ1) is 30.0. The number of ether oxygens (including phenoxy) is 6. The van der Waals surface area contributed by atoms with Crippen LogP contribution >= 0.6 is 0 Å². The summed E-state index contributed by atoms with van der Waals surface area (Å²) >= 11 is 0. The minimum atomic E-state index is -4.86.